The first-order valence-corrected chi connectivity index (χ1v) is 7.35. The second kappa shape index (κ2) is 8.17. The van der Waals surface area contributed by atoms with Gasteiger partial charge in [0.1, 0.15) is 17.8 Å². The Kier molecular flexibility index (Phi) is 5.94. The van der Waals surface area contributed by atoms with Crippen LogP contribution in [0.1, 0.15) is 23.7 Å². The largest absolute Gasteiger partial charge is 0.364 e. The summed E-state index contributed by atoms with van der Waals surface area (Å²) in [7, 11) is 0. The van der Waals surface area contributed by atoms with Crippen molar-refractivity contribution < 1.29 is 8.91 Å². The number of aryl methyl sites for hydroxylation is 1. The molecule has 1 heterocycles. The Bertz CT molecular complexity index is 611. The average Bonchev–Trinajstić information content (AvgIpc) is 3.00. The molecule has 0 aliphatic heterocycles. The number of aromatic nitrogens is 1. The van der Waals surface area contributed by atoms with Gasteiger partial charge in [-0.05, 0) is 43.5 Å². The first kappa shape index (κ1) is 16.0. The predicted octanol–water partition coefficient (Wildman–Crippen LogP) is 2.42. The second-order valence-corrected chi connectivity index (χ2v) is 4.93. The van der Waals surface area contributed by atoms with Crippen molar-refractivity contribution in [3.8, 4) is 0 Å². The molecule has 0 radical (unpaired) electrons. The summed E-state index contributed by atoms with van der Waals surface area (Å²) < 4.78 is 17.9. The van der Waals surface area contributed by atoms with Crippen LogP contribution in [0.3, 0.4) is 0 Å². The maximum absolute atomic E-state index is 13.1. The zero-order valence-corrected chi connectivity index (χ0v) is 12.9. The van der Waals surface area contributed by atoms with Crippen LogP contribution >= 0.6 is 0 Å². The van der Waals surface area contributed by atoms with Crippen LogP contribution in [0.2, 0.25) is 0 Å². The lowest BCUT2D eigenvalue weighted by Gasteiger charge is -2.12. The smallest absolute Gasteiger partial charge is 0.191 e. The molecule has 0 fully saturated rings. The maximum Gasteiger partial charge on any atom is 0.191 e. The van der Waals surface area contributed by atoms with Crippen LogP contribution in [-0.2, 0) is 13.0 Å². The molecule has 1 aromatic heterocycles. The van der Waals surface area contributed by atoms with Gasteiger partial charge in [-0.2, -0.15) is 0 Å². The lowest BCUT2D eigenvalue weighted by atomic mass is 10.1. The van der Waals surface area contributed by atoms with Crippen LogP contribution in [0, 0.1) is 12.7 Å². The molecule has 0 saturated carbocycles. The van der Waals surface area contributed by atoms with Crippen molar-refractivity contribution in [2.45, 2.75) is 26.8 Å². The highest BCUT2D eigenvalue weighted by molar-refractivity contribution is 5.79. The number of hydrogen-bond acceptors (Lipinski definition) is 3. The number of halogens is 1. The van der Waals surface area contributed by atoms with E-state index >= 15 is 0 Å². The van der Waals surface area contributed by atoms with E-state index in [4.69, 9.17) is 4.52 Å². The Balaban J connectivity index is 1.87. The molecular formula is C16H21FN4O. The molecule has 0 aliphatic carbocycles. The summed E-state index contributed by atoms with van der Waals surface area (Å²) in [6, 6.07) is 6.66. The highest BCUT2D eigenvalue weighted by Crippen LogP contribution is 2.10. The number of nitrogens with zero attached hydrogens (tertiary/aromatic N) is 2. The van der Waals surface area contributed by atoms with E-state index < -0.39 is 0 Å². The Morgan fingerprint density at radius 2 is 2.18 bits per heavy atom. The van der Waals surface area contributed by atoms with Gasteiger partial charge in [-0.15, -0.1) is 0 Å². The highest BCUT2D eigenvalue weighted by atomic mass is 19.1. The minimum atomic E-state index is -0.197. The predicted molar refractivity (Wildman–Crippen MR) is 84.2 cm³/mol. The van der Waals surface area contributed by atoms with E-state index in [1.165, 1.54) is 12.3 Å². The van der Waals surface area contributed by atoms with Gasteiger partial charge in [0.05, 0.1) is 6.54 Å². The molecule has 2 aromatic rings. The fourth-order valence-electron chi connectivity index (χ4n) is 2.08. The van der Waals surface area contributed by atoms with Crippen molar-refractivity contribution in [1.29, 1.82) is 0 Å². The van der Waals surface area contributed by atoms with Crippen molar-refractivity contribution in [2.75, 3.05) is 13.1 Å². The Morgan fingerprint density at radius 1 is 1.32 bits per heavy atom. The van der Waals surface area contributed by atoms with E-state index in [1.807, 2.05) is 19.9 Å². The van der Waals surface area contributed by atoms with Crippen LogP contribution in [-0.4, -0.2) is 24.2 Å². The summed E-state index contributed by atoms with van der Waals surface area (Å²) in [4.78, 5) is 4.44. The number of rotatable bonds is 6. The summed E-state index contributed by atoms with van der Waals surface area (Å²) in [5.74, 6) is 0.530. The van der Waals surface area contributed by atoms with Crippen LogP contribution in [0.4, 0.5) is 4.39 Å². The Hall–Kier alpha value is -2.37. The first-order valence-electron chi connectivity index (χ1n) is 7.35. The van der Waals surface area contributed by atoms with Crippen molar-refractivity contribution in [3.63, 3.8) is 0 Å². The molecule has 118 valence electrons. The second-order valence-electron chi connectivity index (χ2n) is 4.93. The fourth-order valence-corrected chi connectivity index (χ4v) is 2.08. The zero-order chi connectivity index (χ0) is 15.8. The molecule has 0 bridgehead atoms. The van der Waals surface area contributed by atoms with Gasteiger partial charge in [-0.3, -0.25) is 0 Å². The molecule has 1 aromatic carbocycles. The summed E-state index contributed by atoms with van der Waals surface area (Å²) in [5.41, 5.74) is 2.87. The van der Waals surface area contributed by atoms with Crippen molar-refractivity contribution >= 4 is 5.96 Å². The third-order valence-electron chi connectivity index (χ3n) is 3.23. The first-order chi connectivity index (χ1) is 10.7. The topological polar surface area (TPSA) is 62.5 Å². The Labute approximate surface area is 129 Å². The third kappa shape index (κ3) is 4.87. The molecule has 5 nitrogen and oxygen atoms in total. The quantitative estimate of drug-likeness (QED) is 0.635. The maximum atomic E-state index is 13.1. The van der Waals surface area contributed by atoms with Gasteiger partial charge in [0, 0.05) is 19.2 Å². The van der Waals surface area contributed by atoms with Crippen molar-refractivity contribution in [2.24, 2.45) is 4.99 Å². The number of nitrogens with one attached hydrogen (secondary N) is 2. The molecule has 0 aliphatic rings. The summed E-state index contributed by atoms with van der Waals surface area (Å²) in [5, 5.41) is 10.3. The summed E-state index contributed by atoms with van der Waals surface area (Å²) in [6.45, 7) is 5.89. The minimum absolute atomic E-state index is 0.197. The van der Waals surface area contributed by atoms with E-state index in [-0.39, 0.29) is 5.82 Å². The van der Waals surface area contributed by atoms with Gasteiger partial charge >= 0.3 is 0 Å². The normalized spacial score (nSPS) is 11.5. The summed E-state index contributed by atoms with van der Waals surface area (Å²) in [6.07, 6.45) is 2.34. The number of aliphatic imine (C=N–C) groups is 1. The fraction of sp³-hybridized carbons (Fsp3) is 0.375. The van der Waals surface area contributed by atoms with Crippen LogP contribution in [0.5, 0.6) is 0 Å². The molecule has 0 amide bonds. The van der Waals surface area contributed by atoms with Crippen LogP contribution in [0.25, 0.3) is 0 Å². The summed E-state index contributed by atoms with van der Waals surface area (Å²) >= 11 is 0. The number of guanidine groups is 1. The molecule has 6 heteroatoms. The van der Waals surface area contributed by atoms with Gasteiger partial charge in [0.15, 0.2) is 5.96 Å². The molecule has 0 saturated heterocycles. The van der Waals surface area contributed by atoms with E-state index in [0.717, 1.165) is 42.3 Å². The SMILES string of the molecule is CCNC(=NCc1ccon1)NCCc1ccc(F)cc1C. The molecule has 0 spiro atoms. The molecule has 2 N–H and O–H groups in total. The van der Waals surface area contributed by atoms with Gasteiger partial charge in [0.2, 0.25) is 0 Å². The van der Waals surface area contributed by atoms with Gasteiger partial charge < -0.3 is 15.2 Å². The van der Waals surface area contributed by atoms with Gasteiger partial charge in [-0.1, -0.05) is 11.2 Å². The van der Waals surface area contributed by atoms with E-state index in [2.05, 4.69) is 20.8 Å². The molecule has 2 rings (SSSR count). The number of benzene rings is 1. The van der Waals surface area contributed by atoms with Gasteiger partial charge in [0.25, 0.3) is 0 Å². The molecule has 0 unspecified atom stereocenters. The standard InChI is InChI=1S/C16H21FN4O/c1-3-18-16(20-11-15-7-9-22-21-15)19-8-6-13-4-5-14(17)10-12(13)2/h4-5,7,9-10H,3,6,8,11H2,1-2H3,(H2,18,19,20). The zero-order valence-electron chi connectivity index (χ0n) is 12.9. The lowest BCUT2D eigenvalue weighted by molar-refractivity contribution is 0.412. The van der Waals surface area contributed by atoms with Gasteiger partial charge in [-0.25, -0.2) is 9.38 Å². The van der Waals surface area contributed by atoms with Crippen LogP contribution in [0.15, 0.2) is 40.0 Å². The van der Waals surface area contributed by atoms with E-state index in [0.29, 0.717) is 6.54 Å². The molecular weight excluding hydrogens is 283 g/mol. The minimum Gasteiger partial charge on any atom is -0.364 e. The molecule has 22 heavy (non-hydrogen) atoms. The third-order valence-corrected chi connectivity index (χ3v) is 3.23. The van der Waals surface area contributed by atoms with E-state index in [1.54, 1.807) is 12.1 Å². The molecule has 0 atom stereocenters. The van der Waals surface area contributed by atoms with Crippen molar-refractivity contribution in [1.82, 2.24) is 15.8 Å². The Morgan fingerprint density at radius 3 is 2.86 bits per heavy atom. The highest BCUT2D eigenvalue weighted by Gasteiger charge is 2.02. The monoisotopic (exact) mass is 304 g/mol. The van der Waals surface area contributed by atoms with E-state index in [9.17, 15) is 4.39 Å². The lowest BCUT2D eigenvalue weighted by Crippen LogP contribution is -2.38. The average molecular weight is 304 g/mol. The van der Waals surface area contributed by atoms with Crippen molar-refractivity contribution in [3.05, 3.63) is 53.2 Å². The van der Waals surface area contributed by atoms with Crippen LogP contribution < -0.4 is 10.6 Å². The number of hydrogen-bond donors (Lipinski definition) is 2.